The van der Waals surface area contributed by atoms with Crippen molar-refractivity contribution in [2.45, 2.75) is 11.8 Å². The Kier molecular flexibility index (Phi) is 4.06. The number of aryl methyl sites for hydroxylation is 1. The first-order chi connectivity index (χ1) is 9.83. The lowest BCUT2D eigenvalue weighted by Gasteiger charge is -2.08. The molecular weight excluding hydrogens is 318 g/mol. The quantitative estimate of drug-likeness (QED) is 0.428. The molecule has 112 valence electrons. The van der Waals surface area contributed by atoms with E-state index >= 15 is 0 Å². The summed E-state index contributed by atoms with van der Waals surface area (Å²) in [5.74, 6) is 5.20. The van der Waals surface area contributed by atoms with E-state index in [0.717, 1.165) is 28.3 Å². The number of nitrogens with two attached hydrogens (primary N) is 1. The molecule has 0 saturated carbocycles. The maximum Gasteiger partial charge on any atom is 0.290 e. The summed E-state index contributed by atoms with van der Waals surface area (Å²) < 4.78 is 26.8. The number of aromatic nitrogens is 1. The van der Waals surface area contributed by atoms with Crippen LogP contribution >= 0.6 is 11.3 Å². The number of thiazole rings is 1. The van der Waals surface area contributed by atoms with Crippen molar-refractivity contribution in [2.24, 2.45) is 5.84 Å². The SMILES string of the molecule is Cc1cnc(NS(=O)(=O)c2cc(NN)ccc2[N+](=O)[O-])s1. The van der Waals surface area contributed by atoms with Gasteiger partial charge in [0.25, 0.3) is 15.7 Å². The van der Waals surface area contributed by atoms with Crippen LogP contribution in [0.5, 0.6) is 0 Å². The third-order valence-corrected chi connectivity index (χ3v) is 4.78. The average molecular weight is 329 g/mol. The van der Waals surface area contributed by atoms with Gasteiger partial charge in [0, 0.05) is 17.1 Å². The fourth-order valence-electron chi connectivity index (χ4n) is 1.54. The molecule has 0 unspecified atom stereocenters. The highest BCUT2D eigenvalue weighted by molar-refractivity contribution is 7.93. The molecule has 2 aromatic rings. The number of nitro benzene ring substituents is 1. The van der Waals surface area contributed by atoms with Gasteiger partial charge in [-0.1, -0.05) is 0 Å². The molecule has 0 radical (unpaired) electrons. The molecule has 0 bridgehead atoms. The number of rotatable bonds is 5. The van der Waals surface area contributed by atoms with E-state index < -0.39 is 25.5 Å². The number of nitrogen functional groups attached to an aromatic ring is 1. The van der Waals surface area contributed by atoms with Crippen molar-refractivity contribution < 1.29 is 13.3 Å². The normalized spacial score (nSPS) is 11.1. The Balaban J connectivity index is 2.49. The van der Waals surface area contributed by atoms with E-state index in [1.807, 2.05) is 0 Å². The minimum absolute atomic E-state index is 0.132. The molecule has 1 heterocycles. The summed E-state index contributed by atoms with van der Waals surface area (Å²) in [5, 5.41) is 11.1. The highest BCUT2D eigenvalue weighted by atomic mass is 32.2. The van der Waals surface area contributed by atoms with E-state index in [1.54, 1.807) is 6.92 Å². The number of hydrazine groups is 1. The number of nitro groups is 1. The largest absolute Gasteiger partial charge is 0.324 e. The van der Waals surface area contributed by atoms with Crippen LogP contribution < -0.4 is 16.0 Å². The molecule has 0 aliphatic rings. The smallest absolute Gasteiger partial charge is 0.290 e. The van der Waals surface area contributed by atoms with Crippen LogP contribution in [0, 0.1) is 17.0 Å². The number of benzene rings is 1. The first-order valence-corrected chi connectivity index (χ1v) is 7.84. The highest BCUT2D eigenvalue weighted by Crippen LogP contribution is 2.29. The molecule has 0 spiro atoms. The van der Waals surface area contributed by atoms with Gasteiger partial charge in [0.1, 0.15) is 0 Å². The van der Waals surface area contributed by atoms with E-state index in [-0.39, 0.29) is 10.8 Å². The fourth-order valence-corrected chi connectivity index (χ4v) is 3.65. The van der Waals surface area contributed by atoms with Crippen molar-refractivity contribution in [3.8, 4) is 0 Å². The van der Waals surface area contributed by atoms with Crippen LogP contribution in [0.15, 0.2) is 29.3 Å². The van der Waals surface area contributed by atoms with Gasteiger partial charge in [-0.2, -0.15) is 0 Å². The van der Waals surface area contributed by atoms with Crippen LogP contribution in [0.2, 0.25) is 0 Å². The summed E-state index contributed by atoms with van der Waals surface area (Å²) in [7, 11) is -4.15. The molecule has 0 aliphatic carbocycles. The summed E-state index contributed by atoms with van der Waals surface area (Å²) in [4.78, 5) is 14.4. The Morgan fingerprint density at radius 2 is 2.14 bits per heavy atom. The molecular formula is C10H11N5O4S2. The van der Waals surface area contributed by atoms with Gasteiger partial charge in [0.15, 0.2) is 10.0 Å². The monoisotopic (exact) mass is 329 g/mol. The van der Waals surface area contributed by atoms with Crippen LogP contribution in [0.4, 0.5) is 16.5 Å². The maximum atomic E-state index is 12.3. The molecule has 11 heteroatoms. The molecule has 0 fully saturated rings. The Bertz CT molecular complexity index is 786. The van der Waals surface area contributed by atoms with Gasteiger partial charge >= 0.3 is 0 Å². The van der Waals surface area contributed by atoms with Crippen LogP contribution in [0.1, 0.15) is 4.88 Å². The number of nitrogens with zero attached hydrogens (tertiary/aromatic N) is 2. The first kappa shape index (κ1) is 15.2. The van der Waals surface area contributed by atoms with Crippen LogP contribution in [-0.4, -0.2) is 18.3 Å². The molecule has 0 amide bonds. The van der Waals surface area contributed by atoms with E-state index in [1.165, 1.54) is 12.3 Å². The van der Waals surface area contributed by atoms with E-state index in [9.17, 15) is 18.5 Å². The molecule has 1 aromatic carbocycles. The zero-order valence-corrected chi connectivity index (χ0v) is 12.4. The molecule has 0 saturated heterocycles. The summed E-state index contributed by atoms with van der Waals surface area (Å²) in [6.45, 7) is 1.76. The minimum atomic E-state index is -4.15. The second-order valence-corrected chi connectivity index (χ2v) is 6.85. The van der Waals surface area contributed by atoms with Crippen LogP contribution in [0.25, 0.3) is 0 Å². The molecule has 1 aromatic heterocycles. The van der Waals surface area contributed by atoms with Crippen molar-refractivity contribution in [1.82, 2.24) is 4.98 Å². The topological polar surface area (TPSA) is 140 Å². The van der Waals surface area contributed by atoms with Gasteiger partial charge in [0.05, 0.1) is 10.6 Å². The molecule has 9 nitrogen and oxygen atoms in total. The summed E-state index contributed by atoms with van der Waals surface area (Å²) in [6.07, 6.45) is 1.49. The molecule has 2 rings (SSSR count). The number of anilines is 2. The van der Waals surface area contributed by atoms with Gasteiger partial charge in [0.2, 0.25) is 0 Å². The van der Waals surface area contributed by atoms with Crippen molar-refractivity contribution in [3.63, 3.8) is 0 Å². The predicted octanol–water partition coefficient (Wildman–Crippen LogP) is 1.45. The highest BCUT2D eigenvalue weighted by Gasteiger charge is 2.27. The van der Waals surface area contributed by atoms with Crippen molar-refractivity contribution in [3.05, 3.63) is 39.4 Å². The number of sulfonamides is 1. The predicted molar refractivity (Wildman–Crippen MR) is 78.6 cm³/mol. The molecule has 0 atom stereocenters. The lowest BCUT2D eigenvalue weighted by atomic mass is 10.3. The summed E-state index contributed by atoms with van der Waals surface area (Å²) >= 11 is 1.12. The lowest BCUT2D eigenvalue weighted by molar-refractivity contribution is -0.387. The Hall–Kier alpha value is -2.24. The van der Waals surface area contributed by atoms with E-state index in [2.05, 4.69) is 15.1 Å². The van der Waals surface area contributed by atoms with Gasteiger partial charge in [-0.05, 0) is 19.1 Å². The van der Waals surface area contributed by atoms with Gasteiger partial charge in [-0.25, -0.2) is 13.4 Å². The van der Waals surface area contributed by atoms with Crippen molar-refractivity contribution in [1.29, 1.82) is 0 Å². The molecule has 21 heavy (non-hydrogen) atoms. The van der Waals surface area contributed by atoms with E-state index in [4.69, 9.17) is 5.84 Å². The summed E-state index contributed by atoms with van der Waals surface area (Å²) in [6, 6.07) is 3.46. The lowest BCUT2D eigenvalue weighted by Crippen LogP contribution is -2.16. The minimum Gasteiger partial charge on any atom is -0.324 e. The second kappa shape index (κ2) is 5.63. The van der Waals surface area contributed by atoms with E-state index in [0.29, 0.717) is 0 Å². The molecule has 4 N–H and O–H groups in total. The third kappa shape index (κ3) is 3.26. The van der Waals surface area contributed by atoms with Crippen LogP contribution in [-0.2, 0) is 10.0 Å². The van der Waals surface area contributed by atoms with Gasteiger partial charge < -0.3 is 5.43 Å². The number of hydrogen-bond donors (Lipinski definition) is 3. The average Bonchev–Trinajstić information content (AvgIpc) is 2.82. The first-order valence-electron chi connectivity index (χ1n) is 5.54. The van der Waals surface area contributed by atoms with Crippen molar-refractivity contribution >= 4 is 37.9 Å². The Morgan fingerprint density at radius 1 is 1.43 bits per heavy atom. The number of nitrogens with one attached hydrogen (secondary N) is 2. The Labute approximate surface area is 124 Å². The zero-order valence-electron chi connectivity index (χ0n) is 10.7. The third-order valence-electron chi connectivity index (χ3n) is 2.46. The van der Waals surface area contributed by atoms with Gasteiger partial charge in [-0.15, -0.1) is 11.3 Å². The second-order valence-electron chi connectivity index (χ2n) is 3.97. The van der Waals surface area contributed by atoms with Gasteiger partial charge in [-0.3, -0.25) is 20.7 Å². The molecule has 0 aliphatic heterocycles. The van der Waals surface area contributed by atoms with Crippen LogP contribution in [0.3, 0.4) is 0 Å². The summed E-state index contributed by atoms with van der Waals surface area (Å²) in [5.41, 5.74) is 1.93. The maximum absolute atomic E-state index is 12.3. The number of hydrogen-bond acceptors (Lipinski definition) is 8. The zero-order chi connectivity index (χ0) is 15.6. The fraction of sp³-hybridized carbons (Fsp3) is 0.100. The standard InChI is InChI=1S/C10H11N5O4S2/c1-6-5-12-10(20-6)14-21(18,19)9-4-7(13-11)2-3-8(9)15(16)17/h2-5,13H,11H2,1H3,(H,12,14). The Morgan fingerprint density at radius 3 is 2.67 bits per heavy atom. The van der Waals surface area contributed by atoms with Crippen molar-refractivity contribution in [2.75, 3.05) is 10.1 Å².